The Labute approximate surface area is 172 Å². The van der Waals surface area contributed by atoms with Crippen LogP contribution in [0.4, 0.5) is 0 Å². The lowest BCUT2D eigenvalue weighted by atomic mass is 9.95. The average molecular weight is 395 g/mol. The number of aryl methyl sites for hydroxylation is 3. The molecule has 0 bridgehead atoms. The number of hydrogen-bond donors (Lipinski definition) is 2. The highest BCUT2D eigenvalue weighted by Gasteiger charge is 2.20. The standard InChI is InChI=1S/C23H30N4O2/c1-15-10-11-21(12-16(15)2)27-17(3)13-19(18(27)4)14-24-26-23(29)22(28)25-20-8-6-5-7-9-20/h10-14,20H,5-9H2,1-4H3,(H,25,28)(H,26,29)/b24-14-. The van der Waals surface area contributed by atoms with Crippen molar-refractivity contribution < 1.29 is 9.59 Å². The molecule has 0 saturated heterocycles. The molecule has 6 heteroatoms. The van der Waals surface area contributed by atoms with E-state index in [1.807, 2.05) is 19.9 Å². The van der Waals surface area contributed by atoms with Gasteiger partial charge >= 0.3 is 11.8 Å². The number of nitrogens with zero attached hydrogens (tertiary/aromatic N) is 2. The average Bonchev–Trinajstić information content (AvgIpc) is 2.98. The summed E-state index contributed by atoms with van der Waals surface area (Å²) in [6.45, 7) is 8.25. The molecule has 1 aliphatic rings. The molecular formula is C23H30N4O2. The van der Waals surface area contributed by atoms with Crippen molar-refractivity contribution in [1.82, 2.24) is 15.3 Å². The fourth-order valence-corrected chi connectivity index (χ4v) is 3.89. The zero-order chi connectivity index (χ0) is 21.0. The third kappa shape index (κ3) is 4.94. The predicted molar refractivity (Wildman–Crippen MR) is 115 cm³/mol. The normalized spacial score (nSPS) is 14.9. The lowest BCUT2D eigenvalue weighted by Gasteiger charge is -2.22. The second kappa shape index (κ2) is 9.07. The minimum atomic E-state index is -0.727. The van der Waals surface area contributed by atoms with E-state index >= 15 is 0 Å². The zero-order valence-corrected chi connectivity index (χ0v) is 17.7. The molecule has 3 rings (SSSR count). The Morgan fingerprint density at radius 1 is 1.00 bits per heavy atom. The van der Waals surface area contributed by atoms with E-state index in [9.17, 15) is 9.59 Å². The lowest BCUT2D eigenvalue weighted by molar-refractivity contribution is -0.139. The molecule has 2 N–H and O–H groups in total. The van der Waals surface area contributed by atoms with Crippen LogP contribution in [0.3, 0.4) is 0 Å². The SMILES string of the molecule is Cc1ccc(-n2c(C)cc(/C=N\NC(=O)C(=O)NC3CCCCC3)c2C)cc1C. The van der Waals surface area contributed by atoms with Crippen molar-refractivity contribution >= 4 is 18.0 Å². The van der Waals surface area contributed by atoms with Crippen LogP contribution >= 0.6 is 0 Å². The number of benzene rings is 1. The lowest BCUT2D eigenvalue weighted by Crippen LogP contribution is -2.44. The maximum atomic E-state index is 12.0. The molecule has 2 amide bonds. The molecule has 1 saturated carbocycles. The van der Waals surface area contributed by atoms with Gasteiger partial charge in [0.15, 0.2) is 0 Å². The van der Waals surface area contributed by atoms with Gasteiger partial charge in [-0.1, -0.05) is 25.3 Å². The van der Waals surface area contributed by atoms with E-state index in [1.54, 1.807) is 6.21 Å². The van der Waals surface area contributed by atoms with Crippen molar-refractivity contribution in [2.24, 2.45) is 5.10 Å². The Morgan fingerprint density at radius 2 is 1.72 bits per heavy atom. The third-order valence-corrected chi connectivity index (χ3v) is 5.74. The highest BCUT2D eigenvalue weighted by atomic mass is 16.2. The largest absolute Gasteiger partial charge is 0.345 e. The minimum Gasteiger partial charge on any atom is -0.345 e. The first kappa shape index (κ1) is 20.8. The van der Waals surface area contributed by atoms with Crippen LogP contribution < -0.4 is 10.7 Å². The van der Waals surface area contributed by atoms with Crippen LogP contribution in [0.5, 0.6) is 0 Å². The van der Waals surface area contributed by atoms with Crippen LogP contribution in [0.15, 0.2) is 29.4 Å². The molecule has 29 heavy (non-hydrogen) atoms. The maximum Gasteiger partial charge on any atom is 0.329 e. The van der Waals surface area contributed by atoms with Gasteiger partial charge in [-0.05, 0) is 69.9 Å². The summed E-state index contributed by atoms with van der Waals surface area (Å²) in [6.07, 6.45) is 6.86. The summed E-state index contributed by atoms with van der Waals surface area (Å²) < 4.78 is 2.16. The second-order valence-electron chi connectivity index (χ2n) is 7.94. The fraction of sp³-hybridized carbons (Fsp3) is 0.435. The molecule has 0 spiro atoms. The maximum absolute atomic E-state index is 12.0. The van der Waals surface area contributed by atoms with Crippen molar-refractivity contribution in [3.05, 3.63) is 52.3 Å². The van der Waals surface area contributed by atoms with Gasteiger partial charge in [-0.3, -0.25) is 9.59 Å². The van der Waals surface area contributed by atoms with Crippen LogP contribution in [0, 0.1) is 27.7 Å². The molecule has 1 fully saturated rings. The Morgan fingerprint density at radius 3 is 2.41 bits per heavy atom. The number of rotatable bonds is 4. The van der Waals surface area contributed by atoms with Crippen LogP contribution in [0.2, 0.25) is 0 Å². The summed E-state index contributed by atoms with van der Waals surface area (Å²) in [5.41, 5.74) is 8.93. The molecule has 1 aromatic heterocycles. The molecule has 0 aliphatic heterocycles. The Balaban J connectivity index is 1.65. The van der Waals surface area contributed by atoms with Gasteiger partial charge < -0.3 is 9.88 Å². The first-order valence-corrected chi connectivity index (χ1v) is 10.3. The van der Waals surface area contributed by atoms with Gasteiger partial charge in [0.1, 0.15) is 0 Å². The van der Waals surface area contributed by atoms with E-state index < -0.39 is 11.8 Å². The molecule has 0 atom stereocenters. The van der Waals surface area contributed by atoms with Crippen molar-refractivity contribution in [2.45, 2.75) is 65.8 Å². The topological polar surface area (TPSA) is 75.5 Å². The smallest absolute Gasteiger partial charge is 0.329 e. The molecule has 154 valence electrons. The van der Waals surface area contributed by atoms with Gasteiger partial charge in [0.05, 0.1) is 6.21 Å². The molecular weight excluding hydrogens is 364 g/mol. The van der Waals surface area contributed by atoms with E-state index in [0.29, 0.717) is 0 Å². The van der Waals surface area contributed by atoms with E-state index in [0.717, 1.165) is 48.3 Å². The van der Waals surface area contributed by atoms with Gasteiger partial charge in [0, 0.05) is 28.7 Å². The van der Waals surface area contributed by atoms with Gasteiger partial charge in [0.2, 0.25) is 0 Å². The predicted octanol–water partition coefficient (Wildman–Crippen LogP) is 3.61. The van der Waals surface area contributed by atoms with Crippen LogP contribution in [0.1, 0.15) is 60.2 Å². The number of amides is 2. The van der Waals surface area contributed by atoms with E-state index in [-0.39, 0.29) is 6.04 Å². The van der Waals surface area contributed by atoms with Gasteiger partial charge in [-0.15, -0.1) is 0 Å². The van der Waals surface area contributed by atoms with Gasteiger partial charge in [-0.2, -0.15) is 5.10 Å². The number of nitrogens with one attached hydrogen (secondary N) is 2. The van der Waals surface area contributed by atoms with Crippen molar-refractivity contribution in [3.8, 4) is 5.69 Å². The molecule has 0 radical (unpaired) electrons. The number of carbonyl (C=O) groups is 2. The number of aromatic nitrogens is 1. The zero-order valence-electron chi connectivity index (χ0n) is 17.7. The molecule has 6 nitrogen and oxygen atoms in total. The van der Waals surface area contributed by atoms with Crippen molar-refractivity contribution in [2.75, 3.05) is 0 Å². The molecule has 2 aromatic rings. The summed E-state index contributed by atoms with van der Waals surface area (Å²) >= 11 is 0. The van der Waals surface area contributed by atoms with Gasteiger partial charge in [0.25, 0.3) is 0 Å². The summed E-state index contributed by atoms with van der Waals surface area (Å²) in [6, 6.07) is 8.49. The Bertz CT molecular complexity index is 937. The van der Waals surface area contributed by atoms with Crippen LogP contribution in [-0.4, -0.2) is 28.6 Å². The first-order chi connectivity index (χ1) is 13.9. The summed E-state index contributed by atoms with van der Waals surface area (Å²) in [7, 11) is 0. The molecule has 0 unspecified atom stereocenters. The summed E-state index contributed by atoms with van der Waals surface area (Å²) in [4.78, 5) is 24.0. The second-order valence-corrected chi connectivity index (χ2v) is 7.94. The minimum absolute atomic E-state index is 0.0999. The summed E-state index contributed by atoms with van der Waals surface area (Å²) in [5.74, 6) is -1.34. The molecule has 1 aliphatic carbocycles. The van der Waals surface area contributed by atoms with E-state index in [2.05, 4.69) is 52.5 Å². The third-order valence-electron chi connectivity index (χ3n) is 5.74. The quantitative estimate of drug-likeness (QED) is 0.472. The van der Waals surface area contributed by atoms with Crippen LogP contribution in [-0.2, 0) is 9.59 Å². The monoisotopic (exact) mass is 394 g/mol. The van der Waals surface area contributed by atoms with Crippen molar-refractivity contribution in [1.29, 1.82) is 0 Å². The number of hydrogen-bond acceptors (Lipinski definition) is 3. The fourth-order valence-electron chi connectivity index (χ4n) is 3.89. The molecule has 1 aromatic carbocycles. The Kier molecular flexibility index (Phi) is 6.52. The highest BCUT2D eigenvalue weighted by Crippen LogP contribution is 2.22. The van der Waals surface area contributed by atoms with Crippen molar-refractivity contribution in [3.63, 3.8) is 0 Å². The number of hydrazone groups is 1. The van der Waals surface area contributed by atoms with E-state index in [1.165, 1.54) is 17.5 Å². The Hall–Kier alpha value is -2.89. The summed E-state index contributed by atoms with van der Waals surface area (Å²) in [5, 5.41) is 6.79. The van der Waals surface area contributed by atoms with Gasteiger partial charge in [-0.25, -0.2) is 5.43 Å². The van der Waals surface area contributed by atoms with E-state index in [4.69, 9.17) is 0 Å². The van der Waals surface area contributed by atoms with Crippen LogP contribution in [0.25, 0.3) is 5.69 Å². The molecule has 1 heterocycles. The highest BCUT2D eigenvalue weighted by molar-refractivity contribution is 6.35. The number of carbonyl (C=O) groups excluding carboxylic acids is 2. The first-order valence-electron chi connectivity index (χ1n) is 10.3.